The van der Waals surface area contributed by atoms with Crippen molar-refractivity contribution in [3.8, 4) is 6.07 Å². The molecular weight excluding hydrogens is 466 g/mol. The van der Waals surface area contributed by atoms with Gasteiger partial charge >= 0.3 is 0 Å². The lowest BCUT2D eigenvalue weighted by molar-refractivity contribution is 0.0724. The molecule has 9 nitrogen and oxygen atoms in total. The Bertz CT molecular complexity index is 1330. The summed E-state index contributed by atoms with van der Waals surface area (Å²) in [5.74, 6) is -0.190. The highest BCUT2D eigenvalue weighted by molar-refractivity contribution is 7.93. The van der Waals surface area contributed by atoms with Gasteiger partial charge in [0, 0.05) is 32.2 Å². The summed E-state index contributed by atoms with van der Waals surface area (Å²) >= 11 is 0. The number of aromatic nitrogens is 2. The van der Waals surface area contributed by atoms with E-state index in [4.69, 9.17) is 5.26 Å². The molecule has 0 saturated heterocycles. The number of nitrogens with one attached hydrogen (secondary N) is 1. The average molecular weight is 496 g/mol. The number of sulfone groups is 1. The number of carbonyl (C=O) groups is 2. The molecule has 0 spiro atoms. The maximum atomic E-state index is 13.4. The number of hydrogen-bond acceptors (Lipinski definition) is 6. The fourth-order valence-electron chi connectivity index (χ4n) is 5.32. The van der Waals surface area contributed by atoms with Gasteiger partial charge in [-0.05, 0) is 55.7 Å². The van der Waals surface area contributed by atoms with Crippen molar-refractivity contribution in [2.24, 2.45) is 13.0 Å². The lowest BCUT2D eigenvalue weighted by Gasteiger charge is -2.37. The molecule has 35 heavy (non-hydrogen) atoms. The van der Waals surface area contributed by atoms with Crippen LogP contribution in [-0.4, -0.2) is 58.0 Å². The van der Waals surface area contributed by atoms with Gasteiger partial charge < -0.3 is 10.2 Å². The Morgan fingerprint density at radius 3 is 2.54 bits per heavy atom. The Morgan fingerprint density at radius 2 is 1.94 bits per heavy atom. The molecule has 0 atom stereocenters. The summed E-state index contributed by atoms with van der Waals surface area (Å²) in [6.07, 6.45) is 3.08. The number of benzene rings is 1. The van der Waals surface area contributed by atoms with E-state index in [-0.39, 0.29) is 35.8 Å². The minimum atomic E-state index is -3.28. The second kappa shape index (κ2) is 8.48. The Hall–Kier alpha value is -3.19. The molecular formula is C25H29N5O4S. The van der Waals surface area contributed by atoms with E-state index in [0.717, 1.165) is 5.56 Å². The number of carbonyl (C=O) groups excluding carboxylic acids is 2. The van der Waals surface area contributed by atoms with Gasteiger partial charge in [-0.15, -0.1) is 0 Å². The van der Waals surface area contributed by atoms with Gasteiger partial charge in [0.1, 0.15) is 5.69 Å². The minimum Gasteiger partial charge on any atom is -0.347 e. The summed E-state index contributed by atoms with van der Waals surface area (Å²) in [6.45, 7) is 2.92. The van der Waals surface area contributed by atoms with E-state index >= 15 is 0 Å². The first kappa shape index (κ1) is 23.5. The zero-order valence-electron chi connectivity index (χ0n) is 20.0. The van der Waals surface area contributed by atoms with Gasteiger partial charge in [-0.1, -0.05) is 19.1 Å². The number of nitrogens with zero attached hydrogens (tertiary/aromatic N) is 4. The molecule has 3 aliphatic rings. The van der Waals surface area contributed by atoms with Crippen molar-refractivity contribution in [3.63, 3.8) is 0 Å². The number of fused-ring (bicyclic) bond motifs is 1. The highest BCUT2D eigenvalue weighted by Crippen LogP contribution is 2.50. The molecule has 1 aliphatic heterocycles. The molecule has 184 valence electrons. The van der Waals surface area contributed by atoms with Crippen LogP contribution in [0.1, 0.15) is 70.3 Å². The third-order valence-corrected chi connectivity index (χ3v) is 10.7. The Balaban J connectivity index is 1.29. The smallest absolute Gasteiger partial charge is 0.272 e. The van der Waals surface area contributed by atoms with Crippen LogP contribution in [0.2, 0.25) is 0 Å². The molecule has 2 amide bonds. The van der Waals surface area contributed by atoms with E-state index in [9.17, 15) is 18.0 Å². The van der Waals surface area contributed by atoms with Crippen LogP contribution in [0, 0.1) is 17.2 Å². The van der Waals surface area contributed by atoms with Crippen LogP contribution >= 0.6 is 0 Å². The largest absolute Gasteiger partial charge is 0.347 e. The van der Waals surface area contributed by atoms with Crippen molar-refractivity contribution in [2.45, 2.75) is 55.6 Å². The average Bonchev–Trinajstić information content (AvgIpc) is 3.54. The van der Waals surface area contributed by atoms with E-state index in [2.05, 4.69) is 23.4 Å². The van der Waals surface area contributed by atoms with Crippen molar-refractivity contribution in [1.29, 1.82) is 5.26 Å². The highest BCUT2D eigenvalue weighted by atomic mass is 32.2. The van der Waals surface area contributed by atoms with Gasteiger partial charge in [0.25, 0.3) is 11.8 Å². The molecule has 5 rings (SSSR count). The van der Waals surface area contributed by atoms with Gasteiger partial charge in [0.15, 0.2) is 15.5 Å². The molecule has 2 fully saturated rings. The van der Waals surface area contributed by atoms with E-state index in [1.807, 2.05) is 0 Å². The molecule has 1 aromatic heterocycles. The summed E-state index contributed by atoms with van der Waals surface area (Å²) in [7, 11) is -1.64. The van der Waals surface area contributed by atoms with Crippen LogP contribution in [0.3, 0.4) is 0 Å². The molecule has 0 radical (unpaired) electrons. The molecule has 2 aromatic rings. The van der Waals surface area contributed by atoms with Crippen molar-refractivity contribution >= 4 is 21.7 Å². The van der Waals surface area contributed by atoms with Crippen molar-refractivity contribution < 1.29 is 18.0 Å². The zero-order valence-corrected chi connectivity index (χ0v) is 20.8. The number of amides is 2. The molecule has 0 bridgehead atoms. The monoisotopic (exact) mass is 495 g/mol. The van der Waals surface area contributed by atoms with Crippen molar-refractivity contribution in [1.82, 2.24) is 20.0 Å². The van der Waals surface area contributed by atoms with Crippen LogP contribution in [0.15, 0.2) is 24.3 Å². The first-order valence-electron chi connectivity index (χ1n) is 12.0. The zero-order chi connectivity index (χ0) is 25.0. The van der Waals surface area contributed by atoms with E-state index in [1.165, 1.54) is 4.68 Å². The van der Waals surface area contributed by atoms with Gasteiger partial charge in [0.2, 0.25) is 0 Å². The quantitative estimate of drug-likeness (QED) is 0.626. The fraction of sp³-hybridized carbons (Fsp3) is 0.520. The standard InChI is InChI=1S/C25H29N5O4S/c1-16-11-19(12-16)35(33,34)25(8-9-25)15-30-10-7-20-21(28-29(2)22(20)24(30)32)23(31)27-14-18-5-3-17(13-26)4-6-18/h3-6,16,19H,7-12,14-15H2,1-2H3,(H,27,31)/t16-,19+. The van der Waals surface area contributed by atoms with E-state index in [0.29, 0.717) is 61.4 Å². The Morgan fingerprint density at radius 1 is 1.26 bits per heavy atom. The van der Waals surface area contributed by atoms with Crippen molar-refractivity contribution in [3.05, 3.63) is 52.3 Å². The minimum absolute atomic E-state index is 0.212. The van der Waals surface area contributed by atoms with E-state index in [1.54, 1.807) is 36.2 Å². The second-order valence-corrected chi connectivity index (χ2v) is 12.8. The first-order chi connectivity index (χ1) is 16.6. The Kier molecular flexibility index (Phi) is 5.71. The molecule has 1 aromatic carbocycles. The van der Waals surface area contributed by atoms with Gasteiger partial charge in [-0.25, -0.2) is 8.42 Å². The first-order valence-corrected chi connectivity index (χ1v) is 13.6. The van der Waals surface area contributed by atoms with Gasteiger partial charge in [-0.2, -0.15) is 10.4 Å². The number of rotatable bonds is 7. The van der Waals surface area contributed by atoms with E-state index < -0.39 is 14.6 Å². The van der Waals surface area contributed by atoms with Gasteiger partial charge in [0.05, 0.1) is 21.6 Å². The van der Waals surface area contributed by atoms with Crippen LogP contribution in [-0.2, 0) is 29.9 Å². The topological polar surface area (TPSA) is 125 Å². The lowest BCUT2D eigenvalue weighted by atomic mass is 9.87. The summed E-state index contributed by atoms with van der Waals surface area (Å²) in [6, 6.07) is 9.00. The molecule has 0 unspecified atom stereocenters. The summed E-state index contributed by atoms with van der Waals surface area (Å²) < 4.78 is 27.1. The molecule has 2 aliphatic carbocycles. The Labute approximate surface area is 205 Å². The maximum Gasteiger partial charge on any atom is 0.272 e. The SMILES string of the molecule is Cn1nc(C(=O)NCc2ccc(C#N)cc2)c2c1C(=O)N(CC1(S(=O)(=O)[C@H]3C[C@@H](C)C3)CC1)CC2. The maximum absolute atomic E-state index is 13.4. The highest BCUT2D eigenvalue weighted by Gasteiger charge is 2.60. The third-order valence-electron chi connectivity index (χ3n) is 7.68. The molecule has 10 heteroatoms. The van der Waals surface area contributed by atoms with Crippen molar-refractivity contribution in [2.75, 3.05) is 13.1 Å². The normalized spacial score (nSPS) is 22.7. The molecule has 1 N–H and O–H groups in total. The number of aryl methyl sites for hydroxylation is 1. The van der Waals surface area contributed by atoms with Crippen LogP contribution < -0.4 is 5.32 Å². The molecule has 2 saturated carbocycles. The summed E-state index contributed by atoms with van der Waals surface area (Å²) in [5.41, 5.74) is 2.57. The van der Waals surface area contributed by atoms with Gasteiger partial charge in [-0.3, -0.25) is 14.3 Å². The molecule has 2 heterocycles. The second-order valence-electron chi connectivity index (χ2n) is 10.2. The predicted octanol–water partition coefficient (Wildman–Crippen LogP) is 1.97. The summed E-state index contributed by atoms with van der Waals surface area (Å²) in [5, 5.41) is 15.8. The fourth-order valence-corrected chi connectivity index (χ4v) is 8.20. The van der Waals surface area contributed by atoms with Crippen LogP contribution in [0.25, 0.3) is 0 Å². The van der Waals surface area contributed by atoms with Crippen LogP contribution in [0.4, 0.5) is 0 Å². The number of nitriles is 1. The number of hydrogen-bond donors (Lipinski definition) is 1. The predicted molar refractivity (Wildman–Crippen MR) is 128 cm³/mol. The lowest BCUT2D eigenvalue weighted by Crippen LogP contribution is -2.50. The van der Waals surface area contributed by atoms with Crippen LogP contribution in [0.5, 0.6) is 0 Å². The third kappa shape index (κ3) is 4.01. The summed E-state index contributed by atoms with van der Waals surface area (Å²) in [4.78, 5) is 27.9.